The van der Waals surface area contributed by atoms with Crippen LogP contribution in [0.3, 0.4) is 0 Å². The highest BCUT2D eigenvalue weighted by atomic mass is 35.5. The second kappa shape index (κ2) is 9.50. The van der Waals surface area contributed by atoms with E-state index in [4.69, 9.17) is 31.3 Å². The highest BCUT2D eigenvalue weighted by Gasteiger charge is 2.16. The van der Waals surface area contributed by atoms with Crippen molar-refractivity contribution in [1.82, 2.24) is 0 Å². The molecule has 6 nitrogen and oxygen atoms in total. The summed E-state index contributed by atoms with van der Waals surface area (Å²) in [5, 5.41) is 4.36. The van der Waals surface area contributed by atoms with Crippen LogP contribution in [0.25, 0.3) is 0 Å². The zero-order chi connectivity index (χ0) is 21.7. The molecule has 0 spiro atoms. The van der Waals surface area contributed by atoms with Gasteiger partial charge in [0.25, 0.3) is 0 Å². The predicted molar refractivity (Wildman–Crippen MR) is 116 cm³/mol. The molecule has 0 aliphatic heterocycles. The van der Waals surface area contributed by atoms with Gasteiger partial charge in [0.05, 0.1) is 0 Å². The number of furan rings is 1. The number of hydrogen-bond donors (Lipinski definition) is 1. The zero-order valence-corrected chi connectivity index (χ0v) is 17.8. The van der Waals surface area contributed by atoms with Crippen LogP contribution in [0.1, 0.15) is 52.8 Å². The highest BCUT2D eigenvalue weighted by Crippen LogP contribution is 2.32. The maximum absolute atomic E-state index is 12.2. The van der Waals surface area contributed by atoms with E-state index in [2.05, 4.69) is 19.0 Å². The van der Waals surface area contributed by atoms with Crippen molar-refractivity contribution in [2.45, 2.75) is 33.3 Å². The molecule has 0 aliphatic rings. The van der Waals surface area contributed by atoms with Gasteiger partial charge in [-0.25, -0.2) is 4.79 Å². The minimum atomic E-state index is -0.745. The van der Waals surface area contributed by atoms with Crippen LogP contribution >= 0.6 is 11.6 Å². The first-order valence-corrected chi connectivity index (χ1v) is 9.84. The summed E-state index contributed by atoms with van der Waals surface area (Å²) in [5.41, 5.74) is 8.39. The highest BCUT2D eigenvalue weighted by molar-refractivity contribution is 6.31. The Kier molecular flexibility index (Phi) is 6.79. The number of aryl methyl sites for hydroxylation is 1. The van der Waals surface area contributed by atoms with Gasteiger partial charge in [0.1, 0.15) is 18.1 Å². The van der Waals surface area contributed by atoms with Crippen molar-refractivity contribution in [2.24, 2.45) is 10.9 Å². The number of nitrogens with zero attached hydrogens (tertiary/aromatic N) is 1. The number of nitrogens with two attached hydrogens (primary N) is 1. The molecule has 3 rings (SSSR count). The number of carbonyl (C=O) groups is 1. The van der Waals surface area contributed by atoms with E-state index in [9.17, 15) is 4.79 Å². The summed E-state index contributed by atoms with van der Waals surface area (Å²) in [6.07, 6.45) is 0. The Balaban J connectivity index is 1.64. The Hall–Kier alpha value is -3.25. The molecule has 0 unspecified atom stereocenters. The van der Waals surface area contributed by atoms with E-state index in [1.807, 2.05) is 37.3 Å². The smallest absolute Gasteiger partial charge is 0.400 e. The Bertz CT molecular complexity index is 1060. The molecule has 2 aromatic carbocycles. The van der Waals surface area contributed by atoms with Crippen LogP contribution in [0.4, 0.5) is 0 Å². The molecule has 7 heteroatoms. The molecule has 0 fully saturated rings. The molecule has 2 N–H and O–H groups in total. The van der Waals surface area contributed by atoms with Gasteiger partial charge in [-0.3, -0.25) is 0 Å². The van der Waals surface area contributed by atoms with Crippen molar-refractivity contribution < 1.29 is 18.8 Å². The zero-order valence-electron chi connectivity index (χ0n) is 17.0. The molecule has 156 valence electrons. The number of halogens is 1. The summed E-state index contributed by atoms with van der Waals surface area (Å²) in [6.45, 7) is 6.21. The lowest BCUT2D eigenvalue weighted by atomic mass is 10.0. The first-order valence-electron chi connectivity index (χ1n) is 9.47. The quantitative estimate of drug-likeness (QED) is 0.236. The van der Waals surface area contributed by atoms with Crippen LogP contribution in [-0.2, 0) is 11.4 Å². The molecule has 0 saturated heterocycles. The van der Waals surface area contributed by atoms with E-state index in [-0.39, 0.29) is 24.1 Å². The van der Waals surface area contributed by atoms with E-state index in [1.54, 1.807) is 18.2 Å². The van der Waals surface area contributed by atoms with Gasteiger partial charge in [-0.2, -0.15) is 0 Å². The van der Waals surface area contributed by atoms with Gasteiger partial charge in [0, 0.05) is 10.6 Å². The number of carbonyl (C=O) groups excluding carboxylic acids is 1. The van der Waals surface area contributed by atoms with Crippen LogP contribution in [0.15, 0.2) is 64.2 Å². The Morgan fingerprint density at radius 3 is 2.60 bits per heavy atom. The topological polar surface area (TPSA) is 87.0 Å². The van der Waals surface area contributed by atoms with Crippen LogP contribution in [0.5, 0.6) is 5.75 Å². The molecule has 1 heterocycles. The first-order chi connectivity index (χ1) is 14.3. The number of hydrogen-bond acceptors (Lipinski definition) is 5. The van der Waals surface area contributed by atoms with Gasteiger partial charge in [-0.05, 0) is 48.2 Å². The summed E-state index contributed by atoms with van der Waals surface area (Å²) in [5.74, 6) is 0.809. The number of ether oxygens (including phenoxy) is 1. The monoisotopic (exact) mass is 426 g/mol. The van der Waals surface area contributed by atoms with Crippen molar-refractivity contribution in [2.75, 3.05) is 0 Å². The summed E-state index contributed by atoms with van der Waals surface area (Å²) < 4.78 is 11.4. The molecule has 1 aromatic heterocycles. The lowest BCUT2D eigenvalue weighted by molar-refractivity contribution is 0.0475. The van der Waals surface area contributed by atoms with E-state index in [1.165, 1.54) is 6.07 Å². The molecule has 0 radical (unpaired) electrons. The third kappa shape index (κ3) is 5.21. The van der Waals surface area contributed by atoms with Gasteiger partial charge >= 0.3 is 5.97 Å². The second-order valence-corrected chi connectivity index (χ2v) is 7.48. The Morgan fingerprint density at radius 1 is 1.17 bits per heavy atom. The molecule has 30 heavy (non-hydrogen) atoms. The number of amidine groups is 1. The lowest BCUT2D eigenvalue weighted by Crippen LogP contribution is -2.15. The predicted octanol–water partition coefficient (Wildman–Crippen LogP) is 5.42. The van der Waals surface area contributed by atoms with Gasteiger partial charge in [0.15, 0.2) is 5.84 Å². The largest absolute Gasteiger partial charge is 0.485 e. The summed E-state index contributed by atoms with van der Waals surface area (Å²) in [4.78, 5) is 17.0. The van der Waals surface area contributed by atoms with Crippen LogP contribution in [0.2, 0.25) is 5.02 Å². The number of rotatable bonds is 7. The van der Waals surface area contributed by atoms with E-state index in [0.29, 0.717) is 16.3 Å². The molecular formula is C23H23ClN2O4. The molecule has 0 bridgehead atoms. The van der Waals surface area contributed by atoms with Crippen molar-refractivity contribution in [3.8, 4) is 5.75 Å². The van der Waals surface area contributed by atoms with Crippen molar-refractivity contribution in [1.29, 1.82) is 0 Å². The summed E-state index contributed by atoms with van der Waals surface area (Å²) in [7, 11) is 0. The number of benzene rings is 2. The molecule has 0 atom stereocenters. The molecular weight excluding hydrogens is 404 g/mol. The second-order valence-electron chi connectivity index (χ2n) is 7.07. The van der Waals surface area contributed by atoms with E-state index < -0.39 is 5.97 Å². The third-order valence-electron chi connectivity index (χ3n) is 4.44. The fourth-order valence-electron chi connectivity index (χ4n) is 2.76. The minimum absolute atomic E-state index is 0.00887. The standard InChI is InChI=1S/C23H23ClN2O4/c1-14(2)18-12-19(24)15(3)11-21(18)28-13-17-9-10-20(29-17)23(27)30-26-22(25)16-7-5-4-6-8-16/h4-12,14H,13H2,1-3H3,(H2,25,26). The fraction of sp³-hybridized carbons (Fsp3) is 0.217. The number of oxime groups is 1. The van der Waals surface area contributed by atoms with Gasteiger partial charge < -0.3 is 19.7 Å². The van der Waals surface area contributed by atoms with Crippen LogP contribution in [0, 0.1) is 6.92 Å². The maximum atomic E-state index is 12.2. The average molecular weight is 427 g/mol. The molecule has 0 aliphatic carbocycles. The third-order valence-corrected chi connectivity index (χ3v) is 4.85. The fourth-order valence-corrected chi connectivity index (χ4v) is 2.93. The molecule has 3 aromatic rings. The summed E-state index contributed by atoms with van der Waals surface area (Å²) in [6, 6.07) is 16.0. The minimum Gasteiger partial charge on any atom is -0.485 e. The Labute approximate surface area is 180 Å². The van der Waals surface area contributed by atoms with Crippen LogP contribution < -0.4 is 10.5 Å². The van der Waals surface area contributed by atoms with Crippen LogP contribution in [-0.4, -0.2) is 11.8 Å². The van der Waals surface area contributed by atoms with Crippen molar-refractivity contribution in [3.05, 3.63) is 87.8 Å². The van der Waals surface area contributed by atoms with E-state index in [0.717, 1.165) is 16.9 Å². The van der Waals surface area contributed by atoms with Crippen molar-refractivity contribution >= 4 is 23.4 Å². The molecule has 0 amide bonds. The van der Waals surface area contributed by atoms with E-state index >= 15 is 0 Å². The first kappa shape index (κ1) is 21.5. The summed E-state index contributed by atoms with van der Waals surface area (Å²) >= 11 is 6.23. The van der Waals surface area contributed by atoms with Crippen molar-refractivity contribution in [3.63, 3.8) is 0 Å². The Morgan fingerprint density at radius 2 is 1.90 bits per heavy atom. The lowest BCUT2D eigenvalue weighted by Gasteiger charge is -2.15. The normalized spacial score (nSPS) is 11.6. The molecule has 0 saturated carbocycles. The average Bonchev–Trinajstić information content (AvgIpc) is 3.22. The van der Waals surface area contributed by atoms with Gasteiger partial charge in [-0.15, -0.1) is 0 Å². The maximum Gasteiger partial charge on any atom is 0.400 e. The van der Waals surface area contributed by atoms with Gasteiger partial charge in [-0.1, -0.05) is 60.9 Å². The SMILES string of the molecule is Cc1cc(OCc2ccc(C(=O)O/N=C(\N)c3ccccc3)o2)c(C(C)C)cc1Cl. The van der Waals surface area contributed by atoms with Gasteiger partial charge in [0.2, 0.25) is 5.76 Å².